The van der Waals surface area contributed by atoms with Crippen LogP contribution >= 0.6 is 11.3 Å². The molecule has 28 heavy (non-hydrogen) atoms. The number of rotatable bonds is 3. The molecule has 0 spiro atoms. The molecule has 2 aromatic carbocycles. The normalized spacial score (nSPS) is 11.2. The summed E-state index contributed by atoms with van der Waals surface area (Å²) in [5.74, 6) is 0.808. The number of nitrogens with zero attached hydrogens (tertiary/aromatic N) is 3. The highest BCUT2D eigenvalue weighted by atomic mass is 32.1. The van der Waals surface area contributed by atoms with Crippen LogP contribution in [0.2, 0.25) is 0 Å². The third-order valence-electron chi connectivity index (χ3n) is 4.89. The van der Waals surface area contributed by atoms with Crippen LogP contribution in [-0.2, 0) is 0 Å². The Morgan fingerprint density at radius 3 is 2.54 bits per heavy atom. The van der Waals surface area contributed by atoms with E-state index in [9.17, 15) is 0 Å². The summed E-state index contributed by atoms with van der Waals surface area (Å²) in [4.78, 5) is 15.9. The van der Waals surface area contributed by atoms with Crippen LogP contribution in [0.5, 0.6) is 0 Å². The van der Waals surface area contributed by atoms with Gasteiger partial charge in [-0.1, -0.05) is 48.0 Å². The topological polar surface area (TPSA) is 50.7 Å². The predicted octanol–water partition coefficient (Wildman–Crippen LogP) is 6.27. The van der Waals surface area contributed by atoms with E-state index >= 15 is 0 Å². The molecule has 3 heterocycles. The third kappa shape index (κ3) is 2.80. The van der Waals surface area contributed by atoms with Gasteiger partial charge in [-0.15, -0.1) is 11.3 Å². The molecule has 0 saturated carbocycles. The molecular weight excluding hydrogens is 364 g/mol. The summed E-state index contributed by atoms with van der Waals surface area (Å²) in [7, 11) is 0. The molecule has 136 valence electrons. The van der Waals surface area contributed by atoms with Crippen molar-refractivity contribution in [2.45, 2.75) is 13.8 Å². The molecule has 0 unspecified atom stereocenters. The highest BCUT2D eigenvalue weighted by molar-refractivity contribution is 7.19. The Balaban J connectivity index is 1.71. The second kappa shape index (κ2) is 6.69. The lowest BCUT2D eigenvalue weighted by Gasteiger charge is -2.11. The average Bonchev–Trinajstić information content (AvgIpc) is 3.06. The first-order valence-electron chi connectivity index (χ1n) is 9.12. The van der Waals surface area contributed by atoms with Gasteiger partial charge in [0.25, 0.3) is 0 Å². The maximum atomic E-state index is 4.58. The van der Waals surface area contributed by atoms with E-state index in [0.717, 1.165) is 32.6 Å². The first kappa shape index (κ1) is 16.8. The van der Waals surface area contributed by atoms with E-state index in [0.29, 0.717) is 0 Å². The summed E-state index contributed by atoms with van der Waals surface area (Å²) in [5.41, 5.74) is 5.49. The number of aryl methyl sites for hydroxylation is 2. The molecule has 5 aromatic rings. The van der Waals surface area contributed by atoms with Crippen molar-refractivity contribution < 1.29 is 0 Å². The number of aromatic nitrogens is 3. The van der Waals surface area contributed by atoms with Crippen LogP contribution in [0.15, 0.2) is 67.1 Å². The van der Waals surface area contributed by atoms with E-state index < -0.39 is 0 Å². The van der Waals surface area contributed by atoms with Crippen molar-refractivity contribution in [2.24, 2.45) is 0 Å². The highest BCUT2D eigenvalue weighted by Crippen LogP contribution is 2.41. The smallest absolute Gasteiger partial charge is 0.143 e. The molecular formula is C23H18N4S. The number of para-hydroxylation sites is 1. The fourth-order valence-corrected chi connectivity index (χ4v) is 4.55. The van der Waals surface area contributed by atoms with Crippen LogP contribution in [0.4, 0.5) is 11.5 Å². The minimum absolute atomic E-state index is 0.808. The zero-order chi connectivity index (χ0) is 19.1. The molecule has 0 bridgehead atoms. The van der Waals surface area contributed by atoms with Gasteiger partial charge < -0.3 is 5.32 Å². The maximum absolute atomic E-state index is 4.58. The number of hydrogen-bond acceptors (Lipinski definition) is 5. The van der Waals surface area contributed by atoms with E-state index in [1.165, 1.54) is 21.6 Å². The van der Waals surface area contributed by atoms with E-state index in [-0.39, 0.29) is 0 Å². The van der Waals surface area contributed by atoms with E-state index in [2.05, 4.69) is 70.5 Å². The van der Waals surface area contributed by atoms with Gasteiger partial charge in [0.2, 0.25) is 0 Å². The highest BCUT2D eigenvalue weighted by Gasteiger charge is 2.17. The van der Waals surface area contributed by atoms with Gasteiger partial charge in [0.1, 0.15) is 17.0 Å². The third-order valence-corrected chi connectivity index (χ3v) is 5.90. The van der Waals surface area contributed by atoms with E-state index in [4.69, 9.17) is 0 Å². The Labute approximate surface area is 166 Å². The largest absolute Gasteiger partial charge is 0.338 e. The van der Waals surface area contributed by atoms with Crippen molar-refractivity contribution in [1.29, 1.82) is 0 Å². The standard InChI is InChI=1S/C23H18N4S/c1-14-8-10-16(11-9-14)19-15(2)28-23-20(19)22(25-13-26-23)27-18-7-3-5-17-6-4-12-24-21(17)18/h3-13H,1-2H3,(H,25,26,27). The van der Waals surface area contributed by atoms with E-state index in [1.807, 2.05) is 24.4 Å². The molecule has 0 aliphatic rings. The lowest BCUT2D eigenvalue weighted by atomic mass is 10.0. The number of pyridine rings is 1. The molecule has 0 aliphatic carbocycles. The second-order valence-electron chi connectivity index (χ2n) is 6.81. The Bertz CT molecular complexity index is 1300. The zero-order valence-electron chi connectivity index (χ0n) is 15.6. The molecule has 0 atom stereocenters. The first-order valence-corrected chi connectivity index (χ1v) is 9.94. The average molecular weight is 382 g/mol. The number of hydrogen-bond donors (Lipinski definition) is 1. The molecule has 0 saturated heterocycles. The minimum Gasteiger partial charge on any atom is -0.338 e. The molecule has 4 nitrogen and oxygen atoms in total. The monoisotopic (exact) mass is 382 g/mol. The molecule has 1 N–H and O–H groups in total. The van der Waals surface area contributed by atoms with E-state index in [1.54, 1.807) is 17.7 Å². The number of anilines is 2. The van der Waals surface area contributed by atoms with Crippen LogP contribution in [0.25, 0.3) is 32.2 Å². The quantitative estimate of drug-likeness (QED) is 0.400. The fraction of sp³-hybridized carbons (Fsp3) is 0.0870. The van der Waals surface area contributed by atoms with Gasteiger partial charge in [-0.25, -0.2) is 9.97 Å². The molecule has 0 fully saturated rings. The van der Waals surface area contributed by atoms with Crippen LogP contribution in [0, 0.1) is 13.8 Å². The predicted molar refractivity (Wildman–Crippen MR) is 117 cm³/mol. The van der Waals surface area contributed by atoms with Gasteiger partial charge in [-0.2, -0.15) is 0 Å². The molecule has 3 aromatic heterocycles. The number of benzene rings is 2. The van der Waals surface area contributed by atoms with Gasteiger partial charge >= 0.3 is 0 Å². The Hall–Kier alpha value is -3.31. The van der Waals surface area contributed by atoms with Crippen LogP contribution in [-0.4, -0.2) is 15.0 Å². The molecule has 0 radical (unpaired) electrons. The lowest BCUT2D eigenvalue weighted by molar-refractivity contribution is 1.23. The molecule has 5 rings (SSSR count). The molecule has 5 heteroatoms. The minimum atomic E-state index is 0.808. The molecule has 0 amide bonds. The number of nitrogens with one attached hydrogen (secondary N) is 1. The van der Waals surface area contributed by atoms with Crippen LogP contribution in [0.1, 0.15) is 10.4 Å². The zero-order valence-corrected chi connectivity index (χ0v) is 16.4. The van der Waals surface area contributed by atoms with Crippen molar-refractivity contribution >= 4 is 44.0 Å². The van der Waals surface area contributed by atoms with Crippen LogP contribution in [0.3, 0.4) is 0 Å². The van der Waals surface area contributed by atoms with Crippen molar-refractivity contribution in [3.63, 3.8) is 0 Å². The Kier molecular flexibility index (Phi) is 4.02. The Morgan fingerprint density at radius 1 is 0.857 bits per heavy atom. The van der Waals surface area contributed by atoms with Crippen molar-refractivity contribution in [3.05, 3.63) is 77.6 Å². The Morgan fingerprint density at radius 2 is 1.68 bits per heavy atom. The SMILES string of the molecule is Cc1ccc(-c2c(C)sc3ncnc(Nc4cccc5cccnc45)c23)cc1. The van der Waals surface area contributed by atoms with Gasteiger partial charge in [-0.05, 0) is 31.5 Å². The van der Waals surface area contributed by atoms with Crippen LogP contribution < -0.4 is 5.32 Å². The fourth-order valence-electron chi connectivity index (χ4n) is 3.54. The van der Waals surface area contributed by atoms with Crippen molar-refractivity contribution in [1.82, 2.24) is 15.0 Å². The molecule has 0 aliphatic heterocycles. The first-order chi connectivity index (χ1) is 13.7. The van der Waals surface area contributed by atoms with Gasteiger partial charge in [-0.3, -0.25) is 4.98 Å². The van der Waals surface area contributed by atoms with Crippen molar-refractivity contribution in [2.75, 3.05) is 5.32 Å². The van der Waals surface area contributed by atoms with Gasteiger partial charge in [0.15, 0.2) is 0 Å². The summed E-state index contributed by atoms with van der Waals surface area (Å²) < 4.78 is 0. The lowest BCUT2D eigenvalue weighted by Crippen LogP contribution is -1.97. The van der Waals surface area contributed by atoms with Crippen molar-refractivity contribution in [3.8, 4) is 11.1 Å². The summed E-state index contributed by atoms with van der Waals surface area (Å²) >= 11 is 1.70. The van der Waals surface area contributed by atoms with Gasteiger partial charge in [0, 0.05) is 22.0 Å². The summed E-state index contributed by atoms with van der Waals surface area (Å²) in [6, 6.07) is 18.8. The number of fused-ring (bicyclic) bond motifs is 2. The number of thiophene rings is 1. The van der Waals surface area contributed by atoms with Gasteiger partial charge in [0.05, 0.1) is 16.6 Å². The summed E-state index contributed by atoms with van der Waals surface area (Å²) in [5, 5.41) is 5.67. The maximum Gasteiger partial charge on any atom is 0.143 e. The summed E-state index contributed by atoms with van der Waals surface area (Å²) in [6.45, 7) is 4.25. The summed E-state index contributed by atoms with van der Waals surface area (Å²) in [6.07, 6.45) is 3.44. The second-order valence-corrected chi connectivity index (χ2v) is 8.01.